The largest absolute Gasteiger partial charge is 0.341 e. The Bertz CT molecular complexity index is 502. The van der Waals surface area contributed by atoms with Gasteiger partial charge in [0.25, 0.3) is 0 Å². The number of hydrogen-bond donors (Lipinski definition) is 2. The molecule has 2 aliphatic rings. The standard InChI is InChI=1S/C15H25N5O.ClH/c1-2-4-12(16)15(21)20-8-3-5-11(9-20)14-17-13(18-19-14)10-6-7-10;/h10-12H,2-9,16H2,1H3,(H,17,18,19);1H. The second-order valence-electron chi connectivity index (χ2n) is 6.37. The third kappa shape index (κ3) is 3.79. The van der Waals surface area contributed by atoms with Crippen molar-refractivity contribution < 1.29 is 4.79 Å². The van der Waals surface area contributed by atoms with Crippen molar-refractivity contribution in [3.8, 4) is 0 Å². The van der Waals surface area contributed by atoms with E-state index in [2.05, 4.69) is 22.1 Å². The molecule has 0 bridgehead atoms. The first kappa shape index (κ1) is 17.2. The van der Waals surface area contributed by atoms with Crippen molar-refractivity contribution in [1.29, 1.82) is 0 Å². The fourth-order valence-electron chi connectivity index (χ4n) is 3.07. The molecule has 1 amide bonds. The SMILES string of the molecule is CCCC(N)C(=O)N1CCCC(c2n[nH]c(C3CC3)n2)C1.Cl. The maximum Gasteiger partial charge on any atom is 0.239 e. The van der Waals surface area contributed by atoms with Gasteiger partial charge in [0.1, 0.15) is 5.82 Å². The van der Waals surface area contributed by atoms with Crippen LogP contribution in [0.5, 0.6) is 0 Å². The zero-order valence-corrected chi connectivity index (χ0v) is 13.9. The minimum absolute atomic E-state index is 0. The molecule has 1 aliphatic heterocycles. The summed E-state index contributed by atoms with van der Waals surface area (Å²) in [6, 6.07) is -0.358. The molecule has 0 aromatic carbocycles. The molecule has 0 spiro atoms. The van der Waals surface area contributed by atoms with Gasteiger partial charge >= 0.3 is 0 Å². The van der Waals surface area contributed by atoms with Crippen molar-refractivity contribution in [2.45, 2.75) is 63.3 Å². The van der Waals surface area contributed by atoms with E-state index in [0.717, 1.165) is 43.9 Å². The highest BCUT2D eigenvalue weighted by Crippen LogP contribution is 2.38. The van der Waals surface area contributed by atoms with Gasteiger partial charge in [-0.1, -0.05) is 13.3 Å². The number of nitrogens with one attached hydrogen (secondary N) is 1. The summed E-state index contributed by atoms with van der Waals surface area (Å²) in [5, 5.41) is 7.43. The Morgan fingerprint density at radius 2 is 2.18 bits per heavy atom. The fraction of sp³-hybridized carbons (Fsp3) is 0.800. The van der Waals surface area contributed by atoms with Crippen molar-refractivity contribution in [3.05, 3.63) is 11.6 Å². The molecule has 3 rings (SSSR count). The van der Waals surface area contributed by atoms with Gasteiger partial charge in [0.2, 0.25) is 5.91 Å². The molecule has 1 saturated heterocycles. The minimum Gasteiger partial charge on any atom is -0.341 e. The summed E-state index contributed by atoms with van der Waals surface area (Å²) in [4.78, 5) is 18.9. The third-order valence-electron chi connectivity index (χ3n) is 4.50. The van der Waals surface area contributed by atoms with Crippen LogP contribution in [0, 0.1) is 0 Å². The van der Waals surface area contributed by atoms with Gasteiger partial charge in [-0.3, -0.25) is 9.89 Å². The van der Waals surface area contributed by atoms with Crippen LogP contribution in [-0.2, 0) is 4.79 Å². The van der Waals surface area contributed by atoms with E-state index in [-0.39, 0.29) is 30.3 Å². The lowest BCUT2D eigenvalue weighted by Crippen LogP contribution is -2.47. The van der Waals surface area contributed by atoms with E-state index in [1.54, 1.807) is 0 Å². The van der Waals surface area contributed by atoms with E-state index in [1.165, 1.54) is 12.8 Å². The average molecular weight is 328 g/mol. The van der Waals surface area contributed by atoms with Crippen molar-refractivity contribution in [2.75, 3.05) is 13.1 Å². The van der Waals surface area contributed by atoms with Gasteiger partial charge in [0, 0.05) is 24.9 Å². The molecule has 22 heavy (non-hydrogen) atoms. The number of H-pyrrole nitrogens is 1. The molecular weight excluding hydrogens is 302 g/mol. The summed E-state index contributed by atoms with van der Waals surface area (Å²) in [6.45, 7) is 3.57. The Morgan fingerprint density at radius 1 is 1.41 bits per heavy atom. The first-order valence-electron chi connectivity index (χ1n) is 8.15. The van der Waals surface area contributed by atoms with Crippen LogP contribution in [0.15, 0.2) is 0 Å². The van der Waals surface area contributed by atoms with E-state index in [9.17, 15) is 4.79 Å². The molecule has 3 N–H and O–H groups in total. The molecular formula is C15H26ClN5O. The lowest BCUT2D eigenvalue weighted by Gasteiger charge is -2.33. The summed E-state index contributed by atoms with van der Waals surface area (Å²) in [5.74, 6) is 2.82. The highest BCUT2D eigenvalue weighted by Gasteiger charge is 2.32. The predicted octanol–water partition coefficient (Wildman–Crippen LogP) is 1.94. The molecule has 1 aromatic rings. The molecule has 1 aromatic heterocycles. The molecule has 2 fully saturated rings. The van der Waals surface area contributed by atoms with E-state index in [1.807, 2.05) is 4.90 Å². The normalized spacial score (nSPS) is 23.0. The number of piperidine rings is 1. The van der Waals surface area contributed by atoms with Crippen LogP contribution in [-0.4, -0.2) is 45.1 Å². The van der Waals surface area contributed by atoms with Crippen LogP contribution in [0.2, 0.25) is 0 Å². The number of likely N-dealkylation sites (tertiary alicyclic amines) is 1. The van der Waals surface area contributed by atoms with Crippen LogP contribution in [0.25, 0.3) is 0 Å². The molecule has 7 heteroatoms. The number of hydrogen-bond acceptors (Lipinski definition) is 4. The molecule has 2 unspecified atom stereocenters. The summed E-state index contributed by atoms with van der Waals surface area (Å²) in [7, 11) is 0. The molecule has 1 aliphatic carbocycles. The van der Waals surface area contributed by atoms with Crippen molar-refractivity contribution in [2.24, 2.45) is 5.73 Å². The zero-order chi connectivity index (χ0) is 14.8. The zero-order valence-electron chi connectivity index (χ0n) is 13.1. The number of aromatic amines is 1. The second kappa shape index (κ2) is 7.42. The maximum absolute atomic E-state index is 12.3. The van der Waals surface area contributed by atoms with Crippen molar-refractivity contribution >= 4 is 18.3 Å². The smallest absolute Gasteiger partial charge is 0.239 e. The molecule has 1 saturated carbocycles. The third-order valence-corrected chi connectivity index (χ3v) is 4.50. The second-order valence-corrected chi connectivity index (χ2v) is 6.37. The number of nitrogens with two attached hydrogens (primary N) is 1. The van der Waals surface area contributed by atoms with Crippen LogP contribution in [0.4, 0.5) is 0 Å². The Balaban J connectivity index is 0.00000176. The first-order valence-corrected chi connectivity index (χ1v) is 8.15. The quantitative estimate of drug-likeness (QED) is 0.865. The number of carbonyl (C=O) groups excluding carboxylic acids is 1. The molecule has 2 heterocycles. The maximum atomic E-state index is 12.3. The summed E-state index contributed by atoms with van der Waals surface area (Å²) in [6.07, 6.45) is 6.19. The Hall–Kier alpha value is -1.14. The number of carbonyl (C=O) groups is 1. The van der Waals surface area contributed by atoms with Crippen LogP contribution in [0.3, 0.4) is 0 Å². The summed E-state index contributed by atoms with van der Waals surface area (Å²) in [5.41, 5.74) is 5.97. The number of halogens is 1. The van der Waals surface area contributed by atoms with Gasteiger partial charge in [-0.25, -0.2) is 4.98 Å². The van der Waals surface area contributed by atoms with Gasteiger partial charge in [0.15, 0.2) is 5.82 Å². The minimum atomic E-state index is -0.358. The topological polar surface area (TPSA) is 87.9 Å². The van der Waals surface area contributed by atoms with Crippen LogP contribution >= 0.6 is 12.4 Å². The number of rotatable bonds is 5. The number of aromatic nitrogens is 3. The average Bonchev–Trinajstić information content (AvgIpc) is 3.24. The molecule has 2 atom stereocenters. The molecule has 124 valence electrons. The van der Waals surface area contributed by atoms with Gasteiger partial charge in [-0.2, -0.15) is 5.10 Å². The lowest BCUT2D eigenvalue weighted by atomic mass is 9.96. The van der Waals surface area contributed by atoms with Gasteiger partial charge in [0.05, 0.1) is 6.04 Å². The van der Waals surface area contributed by atoms with E-state index < -0.39 is 0 Å². The predicted molar refractivity (Wildman–Crippen MR) is 87.0 cm³/mol. The van der Waals surface area contributed by atoms with Gasteiger partial charge in [-0.15, -0.1) is 12.4 Å². The van der Waals surface area contributed by atoms with E-state index in [0.29, 0.717) is 12.5 Å². The van der Waals surface area contributed by atoms with Crippen molar-refractivity contribution in [3.63, 3.8) is 0 Å². The highest BCUT2D eigenvalue weighted by molar-refractivity contribution is 5.85. The number of amides is 1. The van der Waals surface area contributed by atoms with E-state index in [4.69, 9.17) is 5.73 Å². The molecule has 6 nitrogen and oxygen atoms in total. The van der Waals surface area contributed by atoms with Crippen LogP contribution < -0.4 is 5.73 Å². The lowest BCUT2D eigenvalue weighted by molar-refractivity contribution is -0.134. The van der Waals surface area contributed by atoms with Gasteiger partial charge < -0.3 is 10.6 Å². The van der Waals surface area contributed by atoms with Crippen molar-refractivity contribution in [1.82, 2.24) is 20.1 Å². The Kier molecular flexibility index (Phi) is 5.81. The summed E-state index contributed by atoms with van der Waals surface area (Å²) < 4.78 is 0. The Morgan fingerprint density at radius 3 is 2.86 bits per heavy atom. The van der Waals surface area contributed by atoms with Gasteiger partial charge in [-0.05, 0) is 32.1 Å². The highest BCUT2D eigenvalue weighted by atomic mass is 35.5. The monoisotopic (exact) mass is 327 g/mol. The fourth-order valence-corrected chi connectivity index (χ4v) is 3.07. The van der Waals surface area contributed by atoms with Crippen LogP contribution in [0.1, 0.15) is 68.9 Å². The Labute approximate surface area is 137 Å². The number of nitrogens with zero attached hydrogens (tertiary/aromatic N) is 3. The molecule has 0 radical (unpaired) electrons. The first-order chi connectivity index (χ1) is 10.2. The van der Waals surface area contributed by atoms with E-state index >= 15 is 0 Å². The summed E-state index contributed by atoms with van der Waals surface area (Å²) >= 11 is 0.